The zero-order chi connectivity index (χ0) is 14.7. The Labute approximate surface area is 134 Å². The van der Waals surface area contributed by atoms with Gasteiger partial charge in [0, 0.05) is 20.9 Å². The first-order valence-corrected chi connectivity index (χ1v) is 7.82. The molecule has 0 fully saturated rings. The highest BCUT2D eigenvalue weighted by molar-refractivity contribution is 9.10. The lowest BCUT2D eigenvalue weighted by Gasteiger charge is -2.14. The summed E-state index contributed by atoms with van der Waals surface area (Å²) in [6.07, 6.45) is 0.578. The van der Waals surface area contributed by atoms with Crippen molar-refractivity contribution >= 4 is 37.5 Å². The van der Waals surface area contributed by atoms with E-state index < -0.39 is 0 Å². The standard InChI is InChI=1S/C15H13Br2NO2/c1-10-6-7-12(16)9-13(10)14(17)8-11-4-2-3-5-15(11)18(19)20/h2-7,9,14H,8H2,1H3. The van der Waals surface area contributed by atoms with Crippen LogP contribution in [0.3, 0.4) is 0 Å². The van der Waals surface area contributed by atoms with Crippen LogP contribution in [0.2, 0.25) is 0 Å². The second-order valence-corrected chi connectivity index (χ2v) is 6.58. The Morgan fingerprint density at radius 1 is 1.25 bits per heavy atom. The average molecular weight is 399 g/mol. The minimum absolute atomic E-state index is 0.0427. The van der Waals surface area contributed by atoms with E-state index in [2.05, 4.69) is 31.9 Å². The van der Waals surface area contributed by atoms with Crippen LogP contribution in [-0.4, -0.2) is 4.92 Å². The van der Waals surface area contributed by atoms with Crippen molar-refractivity contribution in [1.82, 2.24) is 0 Å². The zero-order valence-corrected chi connectivity index (χ0v) is 14.0. The molecule has 5 heteroatoms. The highest BCUT2D eigenvalue weighted by atomic mass is 79.9. The molecule has 0 amide bonds. The smallest absolute Gasteiger partial charge is 0.258 e. The van der Waals surface area contributed by atoms with E-state index in [-0.39, 0.29) is 15.4 Å². The Morgan fingerprint density at radius 2 is 1.95 bits per heavy atom. The predicted octanol–water partition coefficient (Wildman–Crippen LogP) is 5.34. The van der Waals surface area contributed by atoms with Crippen molar-refractivity contribution in [3.63, 3.8) is 0 Å². The molecule has 1 atom stereocenters. The van der Waals surface area contributed by atoms with Gasteiger partial charge in [0.25, 0.3) is 5.69 Å². The molecule has 0 aromatic heterocycles. The molecule has 0 saturated heterocycles. The molecule has 0 spiro atoms. The molecule has 0 bridgehead atoms. The molecule has 2 aromatic carbocycles. The monoisotopic (exact) mass is 397 g/mol. The van der Waals surface area contributed by atoms with Crippen LogP contribution >= 0.6 is 31.9 Å². The number of nitro benzene ring substituents is 1. The number of nitrogens with zero attached hydrogens (tertiary/aromatic N) is 1. The van der Waals surface area contributed by atoms with Crippen LogP contribution in [0.4, 0.5) is 5.69 Å². The van der Waals surface area contributed by atoms with Gasteiger partial charge in [-0.25, -0.2) is 0 Å². The number of alkyl halides is 1. The van der Waals surface area contributed by atoms with Crippen molar-refractivity contribution in [2.75, 3.05) is 0 Å². The molecule has 0 aliphatic carbocycles. The van der Waals surface area contributed by atoms with Crippen LogP contribution in [0, 0.1) is 17.0 Å². The summed E-state index contributed by atoms with van der Waals surface area (Å²) < 4.78 is 1.00. The summed E-state index contributed by atoms with van der Waals surface area (Å²) in [5.41, 5.74) is 3.20. The van der Waals surface area contributed by atoms with E-state index in [0.717, 1.165) is 21.2 Å². The summed E-state index contributed by atoms with van der Waals surface area (Å²) in [6, 6.07) is 12.9. The van der Waals surface area contributed by atoms with Gasteiger partial charge in [0.2, 0.25) is 0 Å². The fourth-order valence-electron chi connectivity index (χ4n) is 2.11. The third kappa shape index (κ3) is 3.46. The topological polar surface area (TPSA) is 43.1 Å². The summed E-state index contributed by atoms with van der Waals surface area (Å²) in [5.74, 6) is 0. The van der Waals surface area contributed by atoms with E-state index in [1.807, 2.05) is 31.2 Å². The zero-order valence-electron chi connectivity index (χ0n) is 10.8. The van der Waals surface area contributed by atoms with Crippen molar-refractivity contribution in [3.05, 3.63) is 73.7 Å². The van der Waals surface area contributed by atoms with Gasteiger partial charge in [-0.1, -0.05) is 56.1 Å². The molecule has 2 aromatic rings. The highest BCUT2D eigenvalue weighted by Gasteiger charge is 2.18. The number of benzene rings is 2. The molecule has 2 rings (SSSR count). The van der Waals surface area contributed by atoms with E-state index in [4.69, 9.17) is 0 Å². The average Bonchev–Trinajstić information content (AvgIpc) is 2.41. The number of aryl methyl sites for hydroxylation is 1. The molecule has 0 saturated carbocycles. The SMILES string of the molecule is Cc1ccc(Br)cc1C(Br)Cc1ccccc1[N+](=O)[O-]. The minimum atomic E-state index is -0.331. The Hall–Kier alpha value is -1.20. The fourth-order valence-corrected chi connectivity index (χ4v) is 3.33. The summed E-state index contributed by atoms with van der Waals surface area (Å²) >= 11 is 7.11. The summed E-state index contributed by atoms with van der Waals surface area (Å²) in [4.78, 5) is 10.8. The van der Waals surface area contributed by atoms with Crippen LogP contribution in [-0.2, 0) is 6.42 Å². The van der Waals surface area contributed by atoms with Gasteiger partial charge in [-0.3, -0.25) is 10.1 Å². The van der Waals surface area contributed by atoms with Crippen molar-refractivity contribution in [2.24, 2.45) is 0 Å². The molecule has 0 heterocycles. The van der Waals surface area contributed by atoms with E-state index in [0.29, 0.717) is 6.42 Å². The molecule has 3 nitrogen and oxygen atoms in total. The van der Waals surface area contributed by atoms with E-state index in [1.165, 1.54) is 0 Å². The maximum Gasteiger partial charge on any atom is 0.272 e. The first kappa shape index (κ1) is 15.2. The first-order valence-electron chi connectivity index (χ1n) is 6.11. The Bertz CT molecular complexity index is 644. The molecule has 1 unspecified atom stereocenters. The lowest BCUT2D eigenvalue weighted by molar-refractivity contribution is -0.385. The van der Waals surface area contributed by atoms with Crippen molar-refractivity contribution in [2.45, 2.75) is 18.2 Å². The molecular weight excluding hydrogens is 386 g/mol. The highest BCUT2D eigenvalue weighted by Crippen LogP contribution is 2.33. The Balaban J connectivity index is 2.30. The third-order valence-corrected chi connectivity index (χ3v) is 4.48. The minimum Gasteiger partial charge on any atom is -0.258 e. The summed E-state index contributed by atoms with van der Waals surface area (Å²) in [7, 11) is 0. The van der Waals surface area contributed by atoms with E-state index in [1.54, 1.807) is 18.2 Å². The number of hydrogen-bond donors (Lipinski definition) is 0. The molecular formula is C15H13Br2NO2. The molecule has 104 valence electrons. The van der Waals surface area contributed by atoms with E-state index in [9.17, 15) is 10.1 Å². The maximum atomic E-state index is 11.0. The van der Waals surface area contributed by atoms with Gasteiger partial charge < -0.3 is 0 Å². The van der Waals surface area contributed by atoms with Crippen LogP contribution < -0.4 is 0 Å². The van der Waals surface area contributed by atoms with Crippen LogP contribution in [0.1, 0.15) is 21.5 Å². The number of rotatable bonds is 4. The van der Waals surface area contributed by atoms with Gasteiger partial charge in [0.05, 0.1) is 4.92 Å². The van der Waals surface area contributed by atoms with Gasteiger partial charge in [0.1, 0.15) is 0 Å². The maximum absolute atomic E-state index is 11.0. The Morgan fingerprint density at radius 3 is 2.65 bits per heavy atom. The van der Waals surface area contributed by atoms with Crippen molar-refractivity contribution in [3.8, 4) is 0 Å². The van der Waals surface area contributed by atoms with Crippen molar-refractivity contribution < 1.29 is 4.92 Å². The fraction of sp³-hybridized carbons (Fsp3) is 0.200. The summed E-state index contributed by atoms with van der Waals surface area (Å²) in [5, 5.41) is 11.0. The number of nitro groups is 1. The van der Waals surface area contributed by atoms with Gasteiger partial charge in [-0.2, -0.15) is 0 Å². The quantitative estimate of drug-likeness (QED) is 0.396. The Kier molecular flexibility index (Phi) is 4.94. The lowest BCUT2D eigenvalue weighted by atomic mass is 9.99. The predicted molar refractivity (Wildman–Crippen MR) is 87.3 cm³/mol. The van der Waals surface area contributed by atoms with Crippen LogP contribution in [0.5, 0.6) is 0 Å². The third-order valence-electron chi connectivity index (χ3n) is 3.17. The lowest BCUT2D eigenvalue weighted by Crippen LogP contribution is -2.01. The normalized spacial score (nSPS) is 12.2. The molecule has 0 aliphatic rings. The second-order valence-electron chi connectivity index (χ2n) is 4.56. The van der Waals surface area contributed by atoms with E-state index >= 15 is 0 Å². The van der Waals surface area contributed by atoms with Gasteiger partial charge in [0.15, 0.2) is 0 Å². The molecule has 0 aliphatic heterocycles. The van der Waals surface area contributed by atoms with Gasteiger partial charge in [-0.05, 0) is 36.6 Å². The van der Waals surface area contributed by atoms with Crippen molar-refractivity contribution in [1.29, 1.82) is 0 Å². The van der Waals surface area contributed by atoms with Crippen LogP contribution in [0.15, 0.2) is 46.9 Å². The van der Waals surface area contributed by atoms with Crippen LogP contribution in [0.25, 0.3) is 0 Å². The number of para-hydroxylation sites is 1. The molecule has 0 N–H and O–H groups in total. The molecule has 20 heavy (non-hydrogen) atoms. The van der Waals surface area contributed by atoms with Gasteiger partial charge in [-0.15, -0.1) is 0 Å². The summed E-state index contributed by atoms with van der Waals surface area (Å²) in [6.45, 7) is 2.04. The number of hydrogen-bond acceptors (Lipinski definition) is 2. The second kappa shape index (κ2) is 6.50. The first-order chi connectivity index (χ1) is 9.49. The number of halogens is 2. The molecule has 0 radical (unpaired) electrons. The largest absolute Gasteiger partial charge is 0.272 e. The van der Waals surface area contributed by atoms with Gasteiger partial charge >= 0.3 is 0 Å².